The molecule has 0 radical (unpaired) electrons. The van der Waals surface area contributed by atoms with E-state index in [0.717, 1.165) is 36.7 Å². The van der Waals surface area contributed by atoms with Crippen molar-refractivity contribution in [1.82, 2.24) is 29.9 Å². The van der Waals surface area contributed by atoms with Crippen LogP contribution in [0.15, 0.2) is 43.5 Å². The minimum atomic E-state index is 0.556. The first-order valence-corrected chi connectivity index (χ1v) is 9.58. The molecule has 0 amide bonds. The van der Waals surface area contributed by atoms with E-state index in [1.165, 1.54) is 11.9 Å². The number of aromatic nitrogens is 6. The normalized spacial score (nSPS) is 22.8. The van der Waals surface area contributed by atoms with Gasteiger partial charge in [0.2, 0.25) is 11.8 Å². The standard InChI is InChI=1S/C20H21N7O/c1-2-13-3-25-20(26-4-13)27-9-15-16(10-27)17(15)11-28-19-8-23-18(7-24-19)14-5-21-12-22-6-14/h3-8,12,15-17H,2,9-11H2,1H3/t15-,16?,17?/m0/s1. The van der Waals surface area contributed by atoms with E-state index in [9.17, 15) is 0 Å². The molecule has 1 aliphatic carbocycles. The molecular formula is C20H21N7O. The topological polar surface area (TPSA) is 89.8 Å². The third-order valence-corrected chi connectivity index (χ3v) is 5.66. The van der Waals surface area contributed by atoms with Crippen LogP contribution in [0, 0.1) is 17.8 Å². The first-order valence-electron chi connectivity index (χ1n) is 9.58. The van der Waals surface area contributed by atoms with Gasteiger partial charge in [-0.05, 0) is 23.8 Å². The number of anilines is 1. The Kier molecular flexibility index (Phi) is 4.31. The second-order valence-electron chi connectivity index (χ2n) is 7.32. The van der Waals surface area contributed by atoms with E-state index >= 15 is 0 Å². The number of hydrogen-bond donors (Lipinski definition) is 0. The number of fused-ring (bicyclic) bond motifs is 1. The number of rotatable bonds is 6. The predicted molar refractivity (Wildman–Crippen MR) is 103 cm³/mol. The largest absolute Gasteiger partial charge is 0.476 e. The summed E-state index contributed by atoms with van der Waals surface area (Å²) in [6.07, 6.45) is 13.1. The van der Waals surface area contributed by atoms with Crippen molar-refractivity contribution in [3.8, 4) is 17.1 Å². The molecule has 2 fully saturated rings. The molecule has 1 aliphatic heterocycles. The second-order valence-corrected chi connectivity index (χ2v) is 7.32. The van der Waals surface area contributed by atoms with Crippen molar-refractivity contribution in [2.45, 2.75) is 13.3 Å². The van der Waals surface area contributed by atoms with Gasteiger partial charge in [-0.25, -0.2) is 29.9 Å². The summed E-state index contributed by atoms with van der Waals surface area (Å²) in [6.45, 7) is 4.80. The molecule has 2 aliphatic rings. The maximum Gasteiger partial charge on any atom is 0.232 e. The van der Waals surface area contributed by atoms with Crippen LogP contribution >= 0.6 is 0 Å². The highest BCUT2D eigenvalue weighted by atomic mass is 16.5. The van der Waals surface area contributed by atoms with Crippen molar-refractivity contribution < 1.29 is 4.74 Å². The molecule has 142 valence electrons. The summed E-state index contributed by atoms with van der Waals surface area (Å²) in [7, 11) is 0. The average molecular weight is 375 g/mol. The minimum absolute atomic E-state index is 0.556. The zero-order valence-corrected chi connectivity index (χ0v) is 15.6. The number of aryl methyl sites for hydroxylation is 1. The summed E-state index contributed by atoms with van der Waals surface area (Å²) in [5, 5.41) is 0. The van der Waals surface area contributed by atoms with E-state index in [1.807, 2.05) is 12.4 Å². The lowest BCUT2D eigenvalue weighted by Gasteiger charge is -2.19. The van der Waals surface area contributed by atoms with Crippen molar-refractivity contribution in [1.29, 1.82) is 0 Å². The lowest BCUT2D eigenvalue weighted by atomic mass is 10.2. The maximum absolute atomic E-state index is 5.87. The van der Waals surface area contributed by atoms with Crippen LogP contribution in [0.25, 0.3) is 11.3 Å². The highest BCUT2D eigenvalue weighted by Crippen LogP contribution is 2.52. The molecule has 0 aromatic carbocycles. The van der Waals surface area contributed by atoms with Crippen LogP contribution in [0.5, 0.6) is 5.88 Å². The van der Waals surface area contributed by atoms with Crippen molar-refractivity contribution in [2.75, 3.05) is 24.6 Å². The van der Waals surface area contributed by atoms with Gasteiger partial charge in [-0.15, -0.1) is 0 Å². The van der Waals surface area contributed by atoms with Crippen molar-refractivity contribution in [2.24, 2.45) is 17.8 Å². The Morgan fingerprint density at radius 3 is 2.32 bits per heavy atom. The van der Waals surface area contributed by atoms with Gasteiger partial charge in [0.15, 0.2) is 0 Å². The summed E-state index contributed by atoms with van der Waals surface area (Å²) in [6, 6.07) is 0. The fourth-order valence-corrected chi connectivity index (χ4v) is 3.91. The number of piperidine rings is 1. The molecule has 3 atom stereocenters. The molecule has 1 saturated heterocycles. The molecule has 3 aromatic rings. The average Bonchev–Trinajstić information content (AvgIpc) is 3.22. The Morgan fingerprint density at radius 2 is 1.68 bits per heavy atom. The van der Waals surface area contributed by atoms with Crippen LogP contribution in [0.3, 0.4) is 0 Å². The lowest BCUT2D eigenvalue weighted by molar-refractivity contribution is 0.271. The van der Waals surface area contributed by atoms with Gasteiger partial charge in [-0.3, -0.25) is 0 Å². The smallest absolute Gasteiger partial charge is 0.232 e. The molecule has 1 saturated carbocycles. The summed E-state index contributed by atoms with van der Waals surface area (Å²) in [5.41, 5.74) is 2.75. The zero-order valence-electron chi connectivity index (χ0n) is 15.6. The van der Waals surface area contributed by atoms with Crippen molar-refractivity contribution in [3.05, 3.63) is 49.1 Å². The fourth-order valence-electron chi connectivity index (χ4n) is 3.91. The Morgan fingerprint density at radius 1 is 0.929 bits per heavy atom. The summed E-state index contributed by atoms with van der Waals surface area (Å²) < 4.78 is 5.87. The summed E-state index contributed by atoms with van der Waals surface area (Å²) in [4.78, 5) is 28.0. The van der Waals surface area contributed by atoms with Gasteiger partial charge in [0.25, 0.3) is 0 Å². The van der Waals surface area contributed by atoms with Gasteiger partial charge in [0.05, 0.1) is 24.7 Å². The molecule has 0 bridgehead atoms. The zero-order chi connectivity index (χ0) is 18.9. The van der Waals surface area contributed by atoms with Gasteiger partial charge >= 0.3 is 0 Å². The van der Waals surface area contributed by atoms with E-state index < -0.39 is 0 Å². The van der Waals surface area contributed by atoms with Crippen LogP contribution in [0.1, 0.15) is 12.5 Å². The highest BCUT2D eigenvalue weighted by Gasteiger charge is 2.56. The van der Waals surface area contributed by atoms with Gasteiger partial charge in [0, 0.05) is 49.4 Å². The van der Waals surface area contributed by atoms with Gasteiger partial charge < -0.3 is 9.64 Å². The van der Waals surface area contributed by atoms with E-state index in [4.69, 9.17) is 4.74 Å². The second kappa shape index (κ2) is 7.10. The van der Waals surface area contributed by atoms with Gasteiger partial charge in [-0.1, -0.05) is 6.92 Å². The highest BCUT2D eigenvalue weighted by molar-refractivity contribution is 5.55. The molecular weight excluding hydrogens is 354 g/mol. The van der Waals surface area contributed by atoms with Crippen LogP contribution < -0.4 is 9.64 Å². The minimum Gasteiger partial charge on any atom is -0.476 e. The molecule has 5 rings (SSSR count). The molecule has 28 heavy (non-hydrogen) atoms. The number of nitrogens with zero attached hydrogens (tertiary/aromatic N) is 7. The first-order chi connectivity index (χ1) is 13.8. The molecule has 8 heteroatoms. The van der Waals surface area contributed by atoms with E-state index in [2.05, 4.69) is 41.7 Å². The molecule has 2 unspecified atom stereocenters. The predicted octanol–water partition coefficient (Wildman–Crippen LogP) is 2.05. The van der Waals surface area contributed by atoms with Crippen LogP contribution in [-0.4, -0.2) is 49.6 Å². The number of ether oxygens (including phenoxy) is 1. The van der Waals surface area contributed by atoms with Crippen LogP contribution in [-0.2, 0) is 6.42 Å². The first kappa shape index (κ1) is 17.0. The number of hydrogen-bond acceptors (Lipinski definition) is 8. The Bertz CT molecular complexity index is 921. The lowest BCUT2D eigenvalue weighted by Crippen LogP contribution is -2.27. The van der Waals surface area contributed by atoms with Crippen LogP contribution in [0.4, 0.5) is 5.95 Å². The Labute approximate surface area is 163 Å². The van der Waals surface area contributed by atoms with Gasteiger partial charge in [0.1, 0.15) is 6.33 Å². The van der Waals surface area contributed by atoms with Crippen molar-refractivity contribution in [3.63, 3.8) is 0 Å². The van der Waals surface area contributed by atoms with Gasteiger partial charge in [-0.2, -0.15) is 0 Å². The quantitative estimate of drug-likeness (QED) is 0.647. The van der Waals surface area contributed by atoms with Crippen molar-refractivity contribution >= 4 is 5.95 Å². The van der Waals surface area contributed by atoms with E-state index in [1.54, 1.807) is 24.8 Å². The third-order valence-electron chi connectivity index (χ3n) is 5.66. The third kappa shape index (κ3) is 3.26. The summed E-state index contributed by atoms with van der Waals surface area (Å²) in [5.74, 6) is 3.29. The molecule has 0 N–H and O–H groups in total. The molecule has 3 aromatic heterocycles. The van der Waals surface area contributed by atoms with E-state index in [-0.39, 0.29) is 0 Å². The molecule has 0 spiro atoms. The monoisotopic (exact) mass is 375 g/mol. The van der Waals surface area contributed by atoms with Crippen LogP contribution in [0.2, 0.25) is 0 Å². The fraction of sp³-hybridized carbons (Fsp3) is 0.400. The Balaban J connectivity index is 1.13. The Hall–Kier alpha value is -3.16. The SMILES string of the molecule is CCc1cnc(N2CC3C(COc4cnc(-c5cncnc5)cn4)[C@H]3C2)nc1. The van der Waals surface area contributed by atoms with E-state index in [0.29, 0.717) is 30.2 Å². The molecule has 4 heterocycles. The summed E-state index contributed by atoms with van der Waals surface area (Å²) >= 11 is 0. The maximum atomic E-state index is 5.87. The molecule has 8 nitrogen and oxygen atoms in total.